The van der Waals surface area contributed by atoms with Crippen LogP contribution in [0.1, 0.15) is 5.56 Å². The monoisotopic (exact) mass is 375 g/mol. The number of nitrogens with one attached hydrogen (secondary N) is 1. The van der Waals surface area contributed by atoms with Gasteiger partial charge in [0.25, 0.3) is 11.8 Å². The van der Waals surface area contributed by atoms with Gasteiger partial charge >= 0.3 is 6.61 Å². The van der Waals surface area contributed by atoms with Gasteiger partial charge in [-0.2, -0.15) is 13.9 Å². The second-order valence-corrected chi connectivity index (χ2v) is 5.48. The summed E-state index contributed by atoms with van der Waals surface area (Å²) in [7, 11) is 0. The van der Waals surface area contributed by atoms with Gasteiger partial charge in [0.1, 0.15) is 18.0 Å². The summed E-state index contributed by atoms with van der Waals surface area (Å²) in [4.78, 5) is 25.4. The first-order valence-electron chi connectivity index (χ1n) is 7.92. The average Bonchev–Trinajstić information content (AvgIpc) is 2.65. The highest BCUT2D eigenvalue weighted by Crippen LogP contribution is 2.31. The first-order chi connectivity index (χ1) is 13.0. The first kappa shape index (κ1) is 18.3. The van der Waals surface area contributed by atoms with Gasteiger partial charge in [0.15, 0.2) is 6.61 Å². The van der Waals surface area contributed by atoms with E-state index < -0.39 is 12.5 Å². The number of fused-ring (bicyclic) bond motifs is 1. The third-order valence-corrected chi connectivity index (χ3v) is 3.62. The highest BCUT2D eigenvalue weighted by molar-refractivity contribution is 6.02. The molecule has 7 nitrogen and oxygen atoms in total. The zero-order valence-corrected chi connectivity index (χ0v) is 14.0. The number of carbonyl (C=O) groups is 2. The van der Waals surface area contributed by atoms with E-state index in [4.69, 9.17) is 4.74 Å². The molecule has 2 aromatic carbocycles. The molecule has 1 aliphatic rings. The third kappa shape index (κ3) is 4.78. The van der Waals surface area contributed by atoms with Crippen molar-refractivity contribution < 1.29 is 27.8 Å². The van der Waals surface area contributed by atoms with E-state index in [9.17, 15) is 18.4 Å². The molecule has 1 heterocycles. The van der Waals surface area contributed by atoms with Crippen molar-refractivity contribution in [1.29, 1.82) is 0 Å². The van der Waals surface area contributed by atoms with Crippen LogP contribution in [0.4, 0.5) is 14.5 Å². The number of halogens is 2. The molecule has 0 unspecified atom stereocenters. The van der Waals surface area contributed by atoms with Gasteiger partial charge in [-0.1, -0.05) is 12.1 Å². The molecule has 2 aromatic rings. The molecule has 0 aromatic heterocycles. The van der Waals surface area contributed by atoms with E-state index in [1.54, 1.807) is 24.3 Å². The molecule has 0 saturated carbocycles. The Morgan fingerprint density at radius 3 is 2.74 bits per heavy atom. The molecule has 0 fully saturated rings. The highest BCUT2D eigenvalue weighted by atomic mass is 19.3. The number of amides is 2. The fraction of sp³-hybridized carbons (Fsp3) is 0.167. The van der Waals surface area contributed by atoms with E-state index in [0.717, 1.165) is 0 Å². The number of rotatable bonds is 6. The van der Waals surface area contributed by atoms with Crippen molar-refractivity contribution in [3.05, 3.63) is 54.1 Å². The van der Waals surface area contributed by atoms with Crippen LogP contribution in [0.3, 0.4) is 0 Å². The molecule has 140 valence electrons. The SMILES string of the molecule is O=C(CN1C(=O)COc2ccccc21)N/N=C\c1ccc(OC(F)F)cc1. The van der Waals surface area contributed by atoms with Gasteiger partial charge in [-0.15, -0.1) is 0 Å². The quantitative estimate of drug-likeness (QED) is 0.620. The fourth-order valence-electron chi connectivity index (χ4n) is 2.42. The molecule has 0 bridgehead atoms. The van der Waals surface area contributed by atoms with E-state index in [0.29, 0.717) is 17.0 Å². The van der Waals surface area contributed by atoms with Crippen molar-refractivity contribution in [2.75, 3.05) is 18.1 Å². The van der Waals surface area contributed by atoms with E-state index in [-0.39, 0.29) is 24.8 Å². The number of carbonyl (C=O) groups excluding carboxylic acids is 2. The minimum Gasteiger partial charge on any atom is -0.482 e. The largest absolute Gasteiger partial charge is 0.482 e. The number of para-hydroxylation sites is 2. The van der Waals surface area contributed by atoms with Crippen LogP contribution in [0, 0.1) is 0 Å². The van der Waals surface area contributed by atoms with Crippen LogP contribution in [0.25, 0.3) is 0 Å². The lowest BCUT2D eigenvalue weighted by Gasteiger charge is -2.28. The summed E-state index contributed by atoms with van der Waals surface area (Å²) in [6.45, 7) is -3.24. The molecular formula is C18H15F2N3O4. The van der Waals surface area contributed by atoms with Gasteiger partial charge in [-0.3, -0.25) is 14.5 Å². The van der Waals surface area contributed by atoms with Crippen molar-refractivity contribution in [1.82, 2.24) is 5.43 Å². The number of hydrazone groups is 1. The van der Waals surface area contributed by atoms with Gasteiger partial charge < -0.3 is 9.47 Å². The van der Waals surface area contributed by atoms with Gasteiger partial charge in [0.2, 0.25) is 0 Å². The molecule has 2 amide bonds. The maximum atomic E-state index is 12.1. The second-order valence-electron chi connectivity index (χ2n) is 5.48. The topological polar surface area (TPSA) is 80.2 Å². The predicted octanol–water partition coefficient (Wildman–Crippen LogP) is 2.16. The van der Waals surface area contributed by atoms with Crippen LogP contribution in [0.15, 0.2) is 53.6 Å². The van der Waals surface area contributed by atoms with Crippen molar-refractivity contribution in [3.8, 4) is 11.5 Å². The van der Waals surface area contributed by atoms with E-state index >= 15 is 0 Å². The minimum absolute atomic E-state index is 0.0238. The van der Waals surface area contributed by atoms with E-state index in [2.05, 4.69) is 15.3 Å². The van der Waals surface area contributed by atoms with Gasteiger partial charge in [0.05, 0.1) is 11.9 Å². The smallest absolute Gasteiger partial charge is 0.387 e. The van der Waals surface area contributed by atoms with Crippen LogP contribution >= 0.6 is 0 Å². The lowest BCUT2D eigenvalue weighted by Crippen LogP contribution is -2.44. The molecule has 0 saturated heterocycles. The zero-order valence-electron chi connectivity index (χ0n) is 14.0. The fourth-order valence-corrected chi connectivity index (χ4v) is 2.42. The van der Waals surface area contributed by atoms with E-state index in [1.165, 1.54) is 35.4 Å². The molecule has 1 N–H and O–H groups in total. The molecule has 1 aliphatic heterocycles. The summed E-state index contributed by atoms with van der Waals surface area (Å²) in [6, 6.07) is 12.7. The number of alkyl halides is 2. The third-order valence-electron chi connectivity index (χ3n) is 3.62. The molecule has 0 atom stereocenters. The van der Waals surface area contributed by atoms with E-state index in [1.807, 2.05) is 0 Å². The molecule has 3 rings (SSSR count). The number of anilines is 1. The normalized spacial score (nSPS) is 13.4. The number of nitrogens with zero attached hydrogens (tertiary/aromatic N) is 2. The Hall–Kier alpha value is -3.49. The summed E-state index contributed by atoms with van der Waals surface area (Å²) in [5.74, 6) is -0.272. The Kier molecular flexibility index (Phi) is 5.60. The summed E-state index contributed by atoms with van der Waals surface area (Å²) in [6.07, 6.45) is 1.35. The van der Waals surface area contributed by atoms with Crippen LogP contribution in [0.5, 0.6) is 11.5 Å². The van der Waals surface area contributed by atoms with Crippen molar-refractivity contribution in [2.45, 2.75) is 6.61 Å². The minimum atomic E-state index is -2.89. The summed E-state index contributed by atoms with van der Waals surface area (Å²) >= 11 is 0. The van der Waals surface area contributed by atoms with Crippen molar-refractivity contribution in [2.24, 2.45) is 5.10 Å². The van der Waals surface area contributed by atoms with Crippen LogP contribution in [0.2, 0.25) is 0 Å². The number of hydrogen-bond acceptors (Lipinski definition) is 5. The van der Waals surface area contributed by atoms with Crippen LogP contribution in [-0.2, 0) is 9.59 Å². The van der Waals surface area contributed by atoms with Crippen LogP contribution in [-0.4, -0.2) is 37.8 Å². The Morgan fingerprint density at radius 1 is 1.26 bits per heavy atom. The lowest BCUT2D eigenvalue weighted by atomic mass is 10.2. The Morgan fingerprint density at radius 2 is 2.00 bits per heavy atom. The Bertz CT molecular complexity index is 856. The molecule has 27 heavy (non-hydrogen) atoms. The van der Waals surface area contributed by atoms with Gasteiger partial charge in [-0.05, 0) is 42.0 Å². The van der Waals surface area contributed by atoms with Crippen molar-refractivity contribution in [3.63, 3.8) is 0 Å². The highest BCUT2D eigenvalue weighted by Gasteiger charge is 2.26. The maximum Gasteiger partial charge on any atom is 0.387 e. The lowest BCUT2D eigenvalue weighted by molar-refractivity contribution is -0.125. The number of benzene rings is 2. The molecule has 0 aliphatic carbocycles. The van der Waals surface area contributed by atoms with Crippen molar-refractivity contribution >= 4 is 23.7 Å². The standard InChI is InChI=1S/C18H15F2N3O4/c19-18(20)27-13-7-5-12(6-8-13)9-21-22-16(24)10-23-14-3-1-2-4-15(14)26-11-17(23)25/h1-9,18H,10-11H2,(H,22,24)/b21-9-. The molecule has 9 heteroatoms. The van der Waals surface area contributed by atoms with Gasteiger partial charge in [0, 0.05) is 0 Å². The van der Waals surface area contributed by atoms with Gasteiger partial charge in [-0.25, -0.2) is 5.43 Å². The Balaban J connectivity index is 1.57. The molecular weight excluding hydrogens is 360 g/mol. The number of hydrogen-bond donors (Lipinski definition) is 1. The summed E-state index contributed by atoms with van der Waals surface area (Å²) in [5, 5.41) is 3.80. The predicted molar refractivity (Wildman–Crippen MR) is 93.1 cm³/mol. The second kappa shape index (κ2) is 8.26. The first-order valence-corrected chi connectivity index (χ1v) is 7.92. The zero-order chi connectivity index (χ0) is 19.2. The Labute approximate surface area is 153 Å². The summed E-state index contributed by atoms with van der Waals surface area (Å²) in [5.41, 5.74) is 3.41. The maximum absolute atomic E-state index is 12.1. The molecule has 0 spiro atoms. The number of ether oxygens (including phenoxy) is 2. The average molecular weight is 375 g/mol. The molecule has 0 radical (unpaired) electrons. The van der Waals surface area contributed by atoms with Crippen LogP contribution < -0.4 is 19.8 Å². The summed E-state index contributed by atoms with van der Waals surface area (Å²) < 4.78 is 33.7.